The Morgan fingerprint density at radius 1 is 1.04 bits per heavy atom. The Balaban J connectivity index is 1.40. The minimum absolute atomic E-state index is 0.121. The van der Waals surface area contributed by atoms with E-state index in [1.807, 2.05) is 47.8 Å². The van der Waals surface area contributed by atoms with E-state index in [4.69, 9.17) is 0 Å². The Morgan fingerprint density at radius 2 is 1.78 bits per heavy atom. The van der Waals surface area contributed by atoms with Gasteiger partial charge in [-0.1, -0.05) is 24.3 Å². The monoisotopic (exact) mass is 380 g/mol. The van der Waals surface area contributed by atoms with Gasteiger partial charge in [0.25, 0.3) is 11.8 Å². The maximum atomic E-state index is 12.7. The largest absolute Gasteiger partial charge is 0.350 e. The average Bonchev–Trinajstić information content (AvgIpc) is 3.22. The zero-order chi connectivity index (χ0) is 18.6. The second kappa shape index (κ2) is 7.75. The van der Waals surface area contributed by atoms with Crippen LogP contribution in [0.25, 0.3) is 5.69 Å². The van der Waals surface area contributed by atoms with Gasteiger partial charge in [0.1, 0.15) is 5.69 Å². The SMILES string of the molecule is O=C(NCCNC(=O)c1cc(C2CC2)nn1-c1ccccc1)c1cccs1. The summed E-state index contributed by atoms with van der Waals surface area (Å²) in [7, 11) is 0. The predicted molar refractivity (Wildman–Crippen MR) is 105 cm³/mol. The summed E-state index contributed by atoms with van der Waals surface area (Å²) in [6.07, 6.45) is 2.25. The van der Waals surface area contributed by atoms with Crippen LogP contribution in [0.15, 0.2) is 53.9 Å². The molecule has 3 aromatic rings. The van der Waals surface area contributed by atoms with Crippen LogP contribution in [0.2, 0.25) is 0 Å². The van der Waals surface area contributed by atoms with Gasteiger partial charge in [-0.15, -0.1) is 11.3 Å². The number of rotatable bonds is 7. The van der Waals surface area contributed by atoms with E-state index in [-0.39, 0.29) is 11.8 Å². The molecule has 4 rings (SSSR count). The number of benzene rings is 1. The highest BCUT2D eigenvalue weighted by Gasteiger charge is 2.29. The maximum absolute atomic E-state index is 12.7. The molecule has 0 radical (unpaired) electrons. The van der Waals surface area contributed by atoms with Gasteiger partial charge in [-0.05, 0) is 42.5 Å². The lowest BCUT2D eigenvalue weighted by molar-refractivity contribution is 0.0925. The van der Waals surface area contributed by atoms with E-state index in [1.165, 1.54) is 11.3 Å². The number of para-hydroxylation sites is 1. The van der Waals surface area contributed by atoms with Crippen LogP contribution in [0.3, 0.4) is 0 Å². The molecule has 138 valence electrons. The number of carbonyl (C=O) groups excluding carboxylic acids is 2. The number of nitrogens with zero attached hydrogens (tertiary/aromatic N) is 2. The summed E-state index contributed by atoms with van der Waals surface area (Å²) in [4.78, 5) is 25.3. The summed E-state index contributed by atoms with van der Waals surface area (Å²) in [6, 6.07) is 15.1. The zero-order valence-corrected chi connectivity index (χ0v) is 15.5. The van der Waals surface area contributed by atoms with Gasteiger partial charge in [0.2, 0.25) is 0 Å². The maximum Gasteiger partial charge on any atom is 0.270 e. The van der Waals surface area contributed by atoms with Crippen LogP contribution in [0.4, 0.5) is 0 Å². The van der Waals surface area contributed by atoms with E-state index in [0.29, 0.717) is 29.6 Å². The molecule has 0 bridgehead atoms. The Bertz CT molecular complexity index is 930. The van der Waals surface area contributed by atoms with Gasteiger partial charge >= 0.3 is 0 Å². The second-order valence-corrected chi connectivity index (χ2v) is 7.41. The lowest BCUT2D eigenvalue weighted by Gasteiger charge is -2.09. The molecule has 2 N–H and O–H groups in total. The van der Waals surface area contributed by atoms with Crippen LogP contribution in [-0.2, 0) is 0 Å². The molecular formula is C20H20N4O2S. The van der Waals surface area contributed by atoms with E-state index in [0.717, 1.165) is 24.2 Å². The summed E-state index contributed by atoms with van der Waals surface area (Å²) in [5.41, 5.74) is 2.35. The molecule has 0 aliphatic heterocycles. The van der Waals surface area contributed by atoms with Crippen LogP contribution in [0.1, 0.15) is 44.6 Å². The molecular weight excluding hydrogens is 360 g/mol. The van der Waals surface area contributed by atoms with E-state index in [9.17, 15) is 9.59 Å². The normalized spacial score (nSPS) is 13.3. The molecule has 0 atom stereocenters. The first-order chi connectivity index (χ1) is 13.2. The van der Waals surface area contributed by atoms with Crippen LogP contribution >= 0.6 is 11.3 Å². The Kier molecular flexibility index (Phi) is 5.02. The van der Waals surface area contributed by atoms with Crippen LogP contribution in [-0.4, -0.2) is 34.7 Å². The van der Waals surface area contributed by atoms with E-state index in [2.05, 4.69) is 15.7 Å². The lowest BCUT2D eigenvalue weighted by atomic mass is 10.2. The van der Waals surface area contributed by atoms with Gasteiger partial charge < -0.3 is 10.6 Å². The predicted octanol–water partition coefficient (Wildman–Crippen LogP) is 2.97. The standard InChI is InChI=1S/C20H20N4O2S/c25-19(21-10-11-22-20(26)18-7-4-12-27-18)17-13-16(14-8-9-14)23-24(17)15-5-2-1-3-6-15/h1-7,12-14H,8-11H2,(H,21,25)(H,22,26). The van der Waals surface area contributed by atoms with Crippen molar-refractivity contribution < 1.29 is 9.59 Å². The van der Waals surface area contributed by atoms with Crippen molar-refractivity contribution in [2.75, 3.05) is 13.1 Å². The molecule has 2 heterocycles. The van der Waals surface area contributed by atoms with E-state index < -0.39 is 0 Å². The summed E-state index contributed by atoms with van der Waals surface area (Å²) < 4.78 is 1.70. The first-order valence-corrected chi connectivity index (χ1v) is 9.85. The van der Waals surface area contributed by atoms with Crippen LogP contribution < -0.4 is 10.6 Å². The summed E-state index contributed by atoms with van der Waals surface area (Å²) in [5.74, 6) is 0.153. The first kappa shape index (κ1) is 17.5. The molecule has 6 nitrogen and oxygen atoms in total. The van der Waals surface area contributed by atoms with Crippen LogP contribution in [0, 0.1) is 0 Å². The molecule has 1 aromatic carbocycles. The van der Waals surface area contributed by atoms with Gasteiger partial charge in [0.05, 0.1) is 16.3 Å². The Hall–Kier alpha value is -2.93. The minimum Gasteiger partial charge on any atom is -0.350 e. The van der Waals surface area contributed by atoms with Crippen LogP contribution in [0.5, 0.6) is 0 Å². The zero-order valence-electron chi connectivity index (χ0n) is 14.7. The van der Waals surface area contributed by atoms with Crippen molar-refractivity contribution in [3.63, 3.8) is 0 Å². The van der Waals surface area contributed by atoms with Gasteiger partial charge in [-0.25, -0.2) is 4.68 Å². The summed E-state index contributed by atoms with van der Waals surface area (Å²) >= 11 is 1.39. The minimum atomic E-state index is -0.191. The van der Waals surface area contributed by atoms with Gasteiger partial charge in [-0.2, -0.15) is 5.10 Å². The van der Waals surface area contributed by atoms with E-state index >= 15 is 0 Å². The number of aromatic nitrogens is 2. The smallest absolute Gasteiger partial charge is 0.270 e. The molecule has 0 unspecified atom stereocenters. The molecule has 2 aromatic heterocycles. The average molecular weight is 380 g/mol. The molecule has 0 saturated heterocycles. The van der Waals surface area contributed by atoms with Crippen molar-refractivity contribution in [3.05, 3.63) is 70.2 Å². The molecule has 1 aliphatic rings. The van der Waals surface area contributed by atoms with Crippen molar-refractivity contribution in [1.29, 1.82) is 0 Å². The third-order valence-electron chi connectivity index (χ3n) is 4.40. The van der Waals surface area contributed by atoms with E-state index in [1.54, 1.807) is 10.7 Å². The molecule has 1 saturated carbocycles. The number of thiophene rings is 1. The Labute approximate surface area is 161 Å². The fourth-order valence-electron chi connectivity index (χ4n) is 2.84. The number of nitrogens with one attached hydrogen (secondary N) is 2. The molecule has 7 heteroatoms. The summed E-state index contributed by atoms with van der Waals surface area (Å²) in [5, 5.41) is 12.2. The third-order valence-corrected chi connectivity index (χ3v) is 5.27. The molecule has 2 amide bonds. The fraction of sp³-hybridized carbons (Fsp3) is 0.250. The van der Waals surface area contributed by atoms with Gasteiger partial charge in [0.15, 0.2) is 0 Å². The highest BCUT2D eigenvalue weighted by Crippen LogP contribution is 2.39. The number of hydrogen-bond acceptors (Lipinski definition) is 4. The summed E-state index contributed by atoms with van der Waals surface area (Å²) in [6.45, 7) is 0.728. The number of carbonyl (C=O) groups is 2. The molecule has 1 fully saturated rings. The Morgan fingerprint density at radius 3 is 2.44 bits per heavy atom. The third kappa shape index (κ3) is 4.09. The quantitative estimate of drug-likeness (QED) is 0.619. The molecule has 27 heavy (non-hydrogen) atoms. The van der Waals surface area contributed by atoms with Gasteiger partial charge in [-0.3, -0.25) is 9.59 Å². The van der Waals surface area contributed by atoms with Crippen molar-refractivity contribution in [1.82, 2.24) is 20.4 Å². The van der Waals surface area contributed by atoms with Crippen molar-refractivity contribution in [3.8, 4) is 5.69 Å². The van der Waals surface area contributed by atoms with Crippen molar-refractivity contribution >= 4 is 23.2 Å². The van der Waals surface area contributed by atoms with Gasteiger partial charge in [0, 0.05) is 19.0 Å². The first-order valence-electron chi connectivity index (χ1n) is 8.97. The fourth-order valence-corrected chi connectivity index (χ4v) is 3.48. The molecule has 0 spiro atoms. The second-order valence-electron chi connectivity index (χ2n) is 6.47. The molecule has 1 aliphatic carbocycles. The number of amides is 2. The topological polar surface area (TPSA) is 76.0 Å². The highest BCUT2D eigenvalue weighted by molar-refractivity contribution is 7.12. The lowest BCUT2D eigenvalue weighted by Crippen LogP contribution is -2.35. The van der Waals surface area contributed by atoms with Crippen molar-refractivity contribution in [2.45, 2.75) is 18.8 Å². The highest BCUT2D eigenvalue weighted by atomic mass is 32.1. The van der Waals surface area contributed by atoms with Crippen molar-refractivity contribution in [2.24, 2.45) is 0 Å². The number of hydrogen-bond donors (Lipinski definition) is 2.